The number of unbranched alkanes of at least 4 members (excludes halogenated alkanes) is 9. The molecule has 1 amide bonds. The van der Waals surface area contributed by atoms with E-state index in [1.54, 1.807) is 24.3 Å². The first-order valence-corrected chi connectivity index (χ1v) is 11.0. The number of hydrogen-bond acceptors (Lipinski definition) is 6. The summed E-state index contributed by atoms with van der Waals surface area (Å²) in [5.74, 6) is -1.19. The van der Waals surface area contributed by atoms with E-state index in [0.717, 1.165) is 12.8 Å². The number of aliphatic carboxylic acids is 1. The zero-order chi connectivity index (χ0) is 22.7. The van der Waals surface area contributed by atoms with Crippen LogP contribution in [0.1, 0.15) is 81.5 Å². The SMILES string of the molecule is CCCCCCCCCCCCOc1ccc(C(=O)OCOC(=O)NCC(=O)O)cc1. The van der Waals surface area contributed by atoms with Gasteiger partial charge in [-0.15, -0.1) is 0 Å². The van der Waals surface area contributed by atoms with Crippen LogP contribution >= 0.6 is 0 Å². The number of ether oxygens (including phenoxy) is 3. The highest BCUT2D eigenvalue weighted by atomic mass is 16.7. The van der Waals surface area contributed by atoms with Crippen molar-refractivity contribution >= 4 is 18.0 Å². The molecule has 0 spiro atoms. The third-order valence-corrected chi connectivity index (χ3v) is 4.62. The monoisotopic (exact) mass is 437 g/mol. The van der Waals surface area contributed by atoms with Crippen molar-refractivity contribution in [1.29, 1.82) is 0 Å². The third-order valence-electron chi connectivity index (χ3n) is 4.62. The van der Waals surface area contributed by atoms with Gasteiger partial charge in [0.1, 0.15) is 12.3 Å². The van der Waals surface area contributed by atoms with Crippen molar-refractivity contribution in [3.8, 4) is 5.75 Å². The maximum absolute atomic E-state index is 11.9. The van der Waals surface area contributed by atoms with Gasteiger partial charge in [-0.3, -0.25) is 4.79 Å². The van der Waals surface area contributed by atoms with Gasteiger partial charge in [-0.05, 0) is 30.7 Å². The Hall–Kier alpha value is -2.77. The highest BCUT2D eigenvalue weighted by molar-refractivity contribution is 5.89. The molecule has 0 saturated carbocycles. The van der Waals surface area contributed by atoms with Crippen LogP contribution in [0.3, 0.4) is 0 Å². The Morgan fingerprint density at radius 3 is 2.00 bits per heavy atom. The first kappa shape index (κ1) is 26.3. The second kappa shape index (κ2) is 17.0. The summed E-state index contributed by atoms with van der Waals surface area (Å²) in [6.07, 6.45) is 11.7. The van der Waals surface area contributed by atoms with Crippen LogP contribution in [0.15, 0.2) is 24.3 Å². The average Bonchev–Trinajstić information content (AvgIpc) is 2.76. The van der Waals surface area contributed by atoms with E-state index in [1.165, 1.54) is 51.4 Å². The van der Waals surface area contributed by atoms with Gasteiger partial charge in [0.2, 0.25) is 6.79 Å². The number of carboxylic acid groups (broad SMARTS) is 1. The lowest BCUT2D eigenvalue weighted by Crippen LogP contribution is -2.30. The average molecular weight is 438 g/mol. The highest BCUT2D eigenvalue weighted by Gasteiger charge is 2.09. The number of carbonyl (C=O) groups excluding carboxylic acids is 2. The fraction of sp³-hybridized carbons (Fsp3) is 0.609. The Bertz CT molecular complexity index is 646. The zero-order valence-corrected chi connectivity index (χ0v) is 18.4. The second-order valence-corrected chi connectivity index (χ2v) is 7.28. The van der Waals surface area contributed by atoms with Crippen LogP contribution in [0, 0.1) is 0 Å². The molecule has 1 aromatic rings. The molecule has 31 heavy (non-hydrogen) atoms. The van der Waals surface area contributed by atoms with E-state index in [9.17, 15) is 14.4 Å². The Balaban J connectivity index is 2.09. The minimum Gasteiger partial charge on any atom is -0.494 e. The Morgan fingerprint density at radius 1 is 0.839 bits per heavy atom. The van der Waals surface area contributed by atoms with Gasteiger partial charge in [-0.1, -0.05) is 64.7 Å². The lowest BCUT2D eigenvalue weighted by Gasteiger charge is -2.08. The molecule has 174 valence electrons. The molecule has 0 aliphatic rings. The predicted octanol–water partition coefficient (Wildman–Crippen LogP) is 4.91. The normalized spacial score (nSPS) is 10.4. The van der Waals surface area contributed by atoms with Crippen molar-refractivity contribution in [3.63, 3.8) is 0 Å². The molecular weight excluding hydrogens is 402 g/mol. The first-order valence-electron chi connectivity index (χ1n) is 11.0. The molecule has 0 aliphatic carbocycles. The van der Waals surface area contributed by atoms with Crippen molar-refractivity contribution in [2.24, 2.45) is 0 Å². The van der Waals surface area contributed by atoms with Gasteiger partial charge in [0.25, 0.3) is 0 Å². The van der Waals surface area contributed by atoms with E-state index in [0.29, 0.717) is 17.9 Å². The molecule has 0 saturated heterocycles. The third kappa shape index (κ3) is 14.0. The molecule has 2 N–H and O–H groups in total. The van der Waals surface area contributed by atoms with Crippen LogP contribution in [0.25, 0.3) is 0 Å². The molecule has 1 aromatic carbocycles. The summed E-state index contributed by atoms with van der Waals surface area (Å²) in [6.45, 7) is 1.69. The number of benzene rings is 1. The quantitative estimate of drug-likeness (QED) is 0.202. The zero-order valence-electron chi connectivity index (χ0n) is 18.4. The molecular formula is C23H35NO7. The minimum absolute atomic E-state index is 0.292. The molecule has 0 aromatic heterocycles. The number of nitrogens with one attached hydrogen (secondary N) is 1. The number of rotatable bonds is 17. The molecule has 1 rings (SSSR count). The van der Waals surface area contributed by atoms with E-state index >= 15 is 0 Å². The molecule has 0 fully saturated rings. The van der Waals surface area contributed by atoms with Crippen molar-refractivity contribution in [1.82, 2.24) is 5.32 Å². The van der Waals surface area contributed by atoms with Gasteiger partial charge in [-0.25, -0.2) is 9.59 Å². The maximum atomic E-state index is 11.9. The summed E-state index contributed by atoms with van der Waals surface area (Å²) in [5.41, 5.74) is 0.292. The van der Waals surface area contributed by atoms with Gasteiger partial charge in [-0.2, -0.15) is 0 Å². The molecule has 8 heteroatoms. The molecule has 0 atom stereocenters. The van der Waals surface area contributed by atoms with Gasteiger partial charge in [0, 0.05) is 0 Å². The van der Waals surface area contributed by atoms with Crippen LogP contribution in [0.4, 0.5) is 4.79 Å². The molecule has 0 aliphatic heterocycles. The molecule has 0 bridgehead atoms. The van der Waals surface area contributed by atoms with Crippen molar-refractivity contribution in [2.75, 3.05) is 19.9 Å². The minimum atomic E-state index is -1.20. The fourth-order valence-corrected chi connectivity index (χ4v) is 2.89. The largest absolute Gasteiger partial charge is 0.494 e. The van der Waals surface area contributed by atoms with E-state index in [2.05, 4.69) is 11.7 Å². The molecule has 0 radical (unpaired) electrons. The molecule has 0 heterocycles. The van der Waals surface area contributed by atoms with Gasteiger partial charge >= 0.3 is 18.0 Å². The summed E-state index contributed by atoms with van der Waals surface area (Å²) in [5, 5.41) is 10.4. The predicted molar refractivity (Wildman–Crippen MR) is 116 cm³/mol. The number of carbonyl (C=O) groups is 3. The summed E-state index contributed by atoms with van der Waals surface area (Å²) < 4.78 is 15.1. The van der Waals surface area contributed by atoms with Crippen LogP contribution < -0.4 is 10.1 Å². The Kier molecular flexibility index (Phi) is 14.4. The summed E-state index contributed by atoms with van der Waals surface area (Å²) >= 11 is 0. The topological polar surface area (TPSA) is 111 Å². The highest BCUT2D eigenvalue weighted by Crippen LogP contribution is 2.15. The fourth-order valence-electron chi connectivity index (χ4n) is 2.89. The summed E-state index contributed by atoms with van der Waals surface area (Å²) in [4.78, 5) is 33.4. The lowest BCUT2D eigenvalue weighted by atomic mass is 10.1. The van der Waals surface area contributed by atoms with E-state index in [4.69, 9.17) is 14.6 Å². The second-order valence-electron chi connectivity index (χ2n) is 7.28. The maximum Gasteiger partial charge on any atom is 0.410 e. The van der Waals surface area contributed by atoms with Gasteiger partial charge in [0.15, 0.2) is 0 Å². The summed E-state index contributed by atoms with van der Waals surface area (Å²) in [6, 6.07) is 6.52. The van der Waals surface area contributed by atoms with Crippen LogP contribution in [0.2, 0.25) is 0 Å². The van der Waals surface area contributed by atoms with Gasteiger partial charge < -0.3 is 24.6 Å². The first-order chi connectivity index (χ1) is 15.0. The number of esters is 1. The molecule has 8 nitrogen and oxygen atoms in total. The lowest BCUT2D eigenvalue weighted by molar-refractivity contribution is -0.135. The van der Waals surface area contributed by atoms with Crippen LogP contribution in [0.5, 0.6) is 5.75 Å². The molecule has 0 unspecified atom stereocenters. The number of hydrogen-bond donors (Lipinski definition) is 2. The van der Waals surface area contributed by atoms with Crippen LogP contribution in [-0.4, -0.2) is 43.1 Å². The van der Waals surface area contributed by atoms with Crippen molar-refractivity contribution in [2.45, 2.75) is 71.1 Å². The number of amides is 1. The Labute approximate surface area is 184 Å². The Morgan fingerprint density at radius 2 is 1.42 bits per heavy atom. The number of alkyl carbamates (subject to hydrolysis) is 1. The standard InChI is InChI=1S/C23H35NO7/c1-2-3-4-5-6-7-8-9-10-11-16-29-20-14-12-19(13-15-20)22(27)30-18-31-23(28)24-17-21(25)26/h12-15H,2-11,16-18H2,1H3,(H,24,28)(H,25,26). The van der Waals surface area contributed by atoms with Crippen LogP contribution in [-0.2, 0) is 14.3 Å². The van der Waals surface area contributed by atoms with Crippen molar-refractivity contribution in [3.05, 3.63) is 29.8 Å². The van der Waals surface area contributed by atoms with Gasteiger partial charge in [0.05, 0.1) is 12.2 Å². The van der Waals surface area contributed by atoms with E-state index in [1.807, 2.05) is 5.32 Å². The smallest absolute Gasteiger partial charge is 0.410 e. The van der Waals surface area contributed by atoms with Crippen molar-refractivity contribution < 1.29 is 33.7 Å². The number of carboxylic acids is 1. The van der Waals surface area contributed by atoms with E-state index in [-0.39, 0.29) is 0 Å². The summed E-state index contributed by atoms with van der Waals surface area (Å²) in [7, 11) is 0. The van der Waals surface area contributed by atoms with E-state index < -0.39 is 31.4 Å².